The first kappa shape index (κ1) is 22.0. The number of rotatable bonds is 5. The molecule has 1 aliphatic carbocycles. The SMILES string of the molecule is C[C@H](NC(=O)c1c(CN2CCNC(=O)C2)c(Cl)nc2ccc(F)cc12)C1CCCCC1. The smallest absolute Gasteiger partial charge is 0.252 e. The Morgan fingerprint density at radius 1 is 1.35 bits per heavy atom. The molecule has 166 valence electrons. The van der Waals surface area contributed by atoms with Gasteiger partial charge in [-0.05, 0) is 43.9 Å². The summed E-state index contributed by atoms with van der Waals surface area (Å²) >= 11 is 6.52. The van der Waals surface area contributed by atoms with Crippen LogP contribution in [-0.4, -0.2) is 47.4 Å². The maximum absolute atomic E-state index is 14.1. The summed E-state index contributed by atoms with van der Waals surface area (Å²) in [7, 11) is 0. The van der Waals surface area contributed by atoms with Crippen LogP contribution in [0.1, 0.15) is 54.9 Å². The van der Waals surface area contributed by atoms with Gasteiger partial charge >= 0.3 is 0 Å². The number of nitrogens with zero attached hydrogens (tertiary/aromatic N) is 2. The van der Waals surface area contributed by atoms with E-state index in [1.54, 1.807) is 0 Å². The van der Waals surface area contributed by atoms with E-state index in [0.717, 1.165) is 12.8 Å². The van der Waals surface area contributed by atoms with Crippen molar-refractivity contribution < 1.29 is 14.0 Å². The van der Waals surface area contributed by atoms with Gasteiger partial charge in [-0.1, -0.05) is 30.9 Å². The average Bonchev–Trinajstić information content (AvgIpc) is 2.75. The predicted molar refractivity (Wildman–Crippen MR) is 119 cm³/mol. The molecule has 1 aromatic carbocycles. The topological polar surface area (TPSA) is 74.3 Å². The molecule has 1 aliphatic heterocycles. The van der Waals surface area contributed by atoms with Crippen LogP contribution in [0.2, 0.25) is 5.15 Å². The summed E-state index contributed by atoms with van der Waals surface area (Å²) in [4.78, 5) is 31.6. The number of fused-ring (bicyclic) bond motifs is 1. The fourth-order valence-corrected chi connectivity index (χ4v) is 4.97. The summed E-state index contributed by atoms with van der Waals surface area (Å²) in [5.41, 5.74) is 1.35. The molecule has 1 saturated heterocycles. The van der Waals surface area contributed by atoms with Gasteiger partial charge in [0.1, 0.15) is 11.0 Å². The van der Waals surface area contributed by atoms with Crippen LogP contribution in [0.15, 0.2) is 18.2 Å². The van der Waals surface area contributed by atoms with E-state index in [1.807, 2.05) is 11.8 Å². The largest absolute Gasteiger partial charge is 0.354 e. The molecule has 8 heteroatoms. The molecular weight excluding hydrogens is 419 g/mol. The second-order valence-corrected chi connectivity index (χ2v) is 9.00. The average molecular weight is 447 g/mol. The Kier molecular flexibility index (Phi) is 6.72. The maximum Gasteiger partial charge on any atom is 0.252 e. The minimum Gasteiger partial charge on any atom is -0.354 e. The predicted octanol–water partition coefficient (Wildman–Crippen LogP) is 3.66. The van der Waals surface area contributed by atoms with Crippen LogP contribution in [-0.2, 0) is 11.3 Å². The number of hydrogen-bond acceptors (Lipinski definition) is 4. The number of carbonyl (C=O) groups is 2. The first-order valence-corrected chi connectivity index (χ1v) is 11.4. The third-order valence-electron chi connectivity index (χ3n) is 6.44. The van der Waals surface area contributed by atoms with Crippen molar-refractivity contribution in [1.29, 1.82) is 0 Å². The van der Waals surface area contributed by atoms with Gasteiger partial charge in [0.15, 0.2) is 0 Å². The lowest BCUT2D eigenvalue weighted by Gasteiger charge is -2.30. The van der Waals surface area contributed by atoms with Crippen LogP contribution >= 0.6 is 11.6 Å². The van der Waals surface area contributed by atoms with E-state index >= 15 is 0 Å². The standard InChI is InChI=1S/C23H28ClFN4O2/c1-14(15-5-3-2-4-6-15)27-23(31)21-17-11-16(25)7-8-19(17)28-22(24)18(21)12-29-10-9-26-20(30)13-29/h7-8,11,14-15H,2-6,9-10,12-13H2,1H3,(H,26,30)(H,27,31)/t14-/m0/s1. The zero-order valence-corrected chi connectivity index (χ0v) is 18.5. The molecule has 6 nitrogen and oxygen atoms in total. The Labute approximate surface area is 186 Å². The van der Waals surface area contributed by atoms with Gasteiger partial charge in [-0.3, -0.25) is 14.5 Å². The van der Waals surface area contributed by atoms with Crippen LogP contribution in [0.5, 0.6) is 0 Å². The minimum atomic E-state index is -0.436. The van der Waals surface area contributed by atoms with Gasteiger partial charge in [-0.25, -0.2) is 9.37 Å². The Hall–Kier alpha value is -2.25. The molecule has 31 heavy (non-hydrogen) atoms. The highest BCUT2D eigenvalue weighted by atomic mass is 35.5. The van der Waals surface area contributed by atoms with Crippen molar-refractivity contribution in [2.75, 3.05) is 19.6 Å². The molecule has 2 heterocycles. The molecule has 0 unspecified atom stereocenters. The Balaban J connectivity index is 1.70. The third kappa shape index (κ3) is 4.99. The number of aromatic nitrogens is 1. The highest BCUT2D eigenvalue weighted by Gasteiger charge is 2.27. The Morgan fingerprint density at radius 2 is 2.13 bits per heavy atom. The molecule has 2 N–H and O–H groups in total. The van der Waals surface area contributed by atoms with Crippen molar-refractivity contribution in [2.45, 2.75) is 51.6 Å². The third-order valence-corrected chi connectivity index (χ3v) is 6.75. The van der Waals surface area contributed by atoms with E-state index < -0.39 is 5.82 Å². The maximum atomic E-state index is 14.1. The number of halogens is 2. The van der Waals surface area contributed by atoms with Crippen LogP contribution < -0.4 is 10.6 Å². The van der Waals surface area contributed by atoms with E-state index in [0.29, 0.717) is 47.6 Å². The summed E-state index contributed by atoms with van der Waals surface area (Å²) in [5, 5.41) is 6.58. The monoisotopic (exact) mass is 446 g/mol. The van der Waals surface area contributed by atoms with Gasteiger partial charge in [0.25, 0.3) is 5.91 Å². The summed E-state index contributed by atoms with van der Waals surface area (Å²) in [5.74, 6) is -0.338. The second-order valence-electron chi connectivity index (χ2n) is 8.64. The second kappa shape index (κ2) is 9.49. The van der Waals surface area contributed by atoms with E-state index in [9.17, 15) is 14.0 Å². The number of hydrogen-bond donors (Lipinski definition) is 2. The van der Waals surface area contributed by atoms with E-state index in [2.05, 4.69) is 15.6 Å². The van der Waals surface area contributed by atoms with Gasteiger partial charge in [-0.15, -0.1) is 0 Å². The van der Waals surface area contributed by atoms with Crippen LogP contribution in [0, 0.1) is 11.7 Å². The summed E-state index contributed by atoms with van der Waals surface area (Å²) in [6.07, 6.45) is 5.81. The molecular formula is C23H28ClFN4O2. The molecule has 1 atom stereocenters. The minimum absolute atomic E-state index is 0.0111. The van der Waals surface area contributed by atoms with Gasteiger partial charge in [0.05, 0.1) is 17.6 Å². The molecule has 0 spiro atoms. The summed E-state index contributed by atoms with van der Waals surface area (Å²) < 4.78 is 14.1. The zero-order valence-electron chi connectivity index (χ0n) is 17.7. The number of benzene rings is 1. The Morgan fingerprint density at radius 3 is 2.87 bits per heavy atom. The van der Waals surface area contributed by atoms with Crippen molar-refractivity contribution in [1.82, 2.24) is 20.5 Å². The fourth-order valence-electron chi connectivity index (χ4n) is 4.73. The van der Waals surface area contributed by atoms with E-state index in [-0.39, 0.29) is 29.6 Å². The van der Waals surface area contributed by atoms with Gasteiger partial charge in [-0.2, -0.15) is 0 Å². The van der Waals surface area contributed by atoms with Crippen LogP contribution in [0.3, 0.4) is 0 Å². The highest BCUT2D eigenvalue weighted by molar-refractivity contribution is 6.31. The molecule has 2 aromatic rings. The molecule has 2 amide bonds. The van der Waals surface area contributed by atoms with Crippen molar-refractivity contribution >= 4 is 34.3 Å². The van der Waals surface area contributed by atoms with Gasteiger partial charge in [0, 0.05) is 36.6 Å². The van der Waals surface area contributed by atoms with Crippen molar-refractivity contribution in [3.63, 3.8) is 0 Å². The van der Waals surface area contributed by atoms with E-state index in [1.165, 1.54) is 37.5 Å². The number of pyridine rings is 1. The summed E-state index contributed by atoms with van der Waals surface area (Å²) in [6, 6.07) is 4.20. The number of amides is 2. The van der Waals surface area contributed by atoms with Crippen LogP contribution in [0.4, 0.5) is 4.39 Å². The lowest BCUT2D eigenvalue weighted by atomic mass is 9.84. The quantitative estimate of drug-likeness (QED) is 0.687. The van der Waals surface area contributed by atoms with Crippen molar-refractivity contribution in [3.8, 4) is 0 Å². The van der Waals surface area contributed by atoms with Crippen molar-refractivity contribution in [2.24, 2.45) is 5.92 Å². The molecule has 0 bridgehead atoms. The molecule has 0 radical (unpaired) electrons. The van der Waals surface area contributed by atoms with Crippen LogP contribution in [0.25, 0.3) is 10.9 Å². The lowest BCUT2D eigenvalue weighted by molar-refractivity contribution is -0.124. The first-order valence-electron chi connectivity index (χ1n) is 11.0. The van der Waals surface area contributed by atoms with Gasteiger partial charge < -0.3 is 10.6 Å². The molecule has 2 aliphatic rings. The normalized spacial score (nSPS) is 19.3. The first-order chi connectivity index (χ1) is 14.9. The summed E-state index contributed by atoms with van der Waals surface area (Å²) in [6.45, 7) is 3.73. The van der Waals surface area contributed by atoms with Gasteiger partial charge in [0.2, 0.25) is 5.91 Å². The van der Waals surface area contributed by atoms with Crippen molar-refractivity contribution in [3.05, 3.63) is 40.3 Å². The molecule has 1 saturated carbocycles. The zero-order chi connectivity index (χ0) is 22.0. The lowest BCUT2D eigenvalue weighted by Crippen LogP contribution is -2.47. The number of nitrogens with one attached hydrogen (secondary N) is 2. The number of carbonyl (C=O) groups excluding carboxylic acids is 2. The fraction of sp³-hybridized carbons (Fsp3) is 0.522. The van der Waals surface area contributed by atoms with E-state index in [4.69, 9.17) is 11.6 Å². The highest BCUT2D eigenvalue weighted by Crippen LogP contribution is 2.30. The number of piperazine rings is 1. The Bertz CT molecular complexity index is 993. The molecule has 1 aromatic heterocycles. The molecule has 2 fully saturated rings. The molecule has 4 rings (SSSR count).